The summed E-state index contributed by atoms with van der Waals surface area (Å²) < 4.78 is 5.63. The Morgan fingerprint density at radius 1 is 1.58 bits per heavy atom. The Morgan fingerprint density at radius 2 is 2.37 bits per heavy atom. The molecule has 5 heteroatoms. The van der Waals surface area contributed by atoms with Crippen molar-refractivity contribution in [2.24, 2.45) is 0 Å². The van der Waals surface area contributed by atoms with Gasteiger partial charge in [0.2, 0.25) is 0 Å². The normalized spacial score (nSPS) is 16.1. The quantitative estimate of drug-likeness (QED) is 0.906. The molecule has 1 atom stereocenters. The number of carbonyl (C=O) groups is 1. The molecule has 2 rings (SSSR count). The van der Waals surface area contributed by atoms with Crippen LogP contribution in [-0.2, 0) is 6.54 Å². The molecule has 0 aromatic heterocycles. The van der Waals surface area contributed by atoms with Gasteiger partial charge >= 0.3 is 6.03 Å². The summed E-state index contributed by atoms with van der Waals surface area (Å²) in [6, 6.07) is 5.63. The van der Waals surface area contributed by atoms with Crippen LogP contribution >= 0.6 is 11.6 Å². The fourth-order valence-corrected chi connectivity index (χ4v) is 2.14. The predicted molar refractivity (Wildman–Crippen MR) is 75.6 cm³/mol. The lowest BCUT2D eigenvalue weighted by atomic mass is 10.2. The van der Waals surface area contributed by atoms with Gasteiger partial charge in [-0.05, 0) is 31.5 Å². The number of carbonyl (C=O) groups excluding carboxylic acids is 1. The molecule has 0 spiro atoms. The van der Waals surface area contributed by atoms with Crippen molar-refractivity contribution in [3.63, 3.8) is 0 Å². The van der Waals surface area contributed by atoms with E-state index < -0.39 is 0 Å². The summed E-state index contributed by atoms with van der Waals surface area (Å²) in [5.41, 5.74) is 0.948. The predicted octanol–water partition coefficient (Wildman–Crippen LogP) is 3.04. The molecule has 0 saturated heterocycles. The van der Waals surface area contributed by atoms with Gasteiger partial charge < -0.3 is 15.0 Å². The minimum absolute atomic E-state index is 0.0502. The summed E-state index contributed by atoms with van der Waals surface area (Å²) in [4.78, 5) is 13.9. The molecule has 0 radical (unpaired) electrons. The zero-order valence-corrected chi connectivity index (χ0v) is 12.0. The van der Waals surface area contributed by atoms with Gasteiger partial charge in [-0.2, -0.15) is 0 Å². The second-order valence-corrected chi connectivity index (χ2v) is 5.22. The van der Waals surface area contributed by atoms with Crippen LogP contribution in [0.1, 0.15) is 25.8 Å². The van der Waals surface area contributed by atoms with Crippen LogP contribution < -0.4 is 10.1 Å². The fourth-order valence-electron chi connectivity index (χ4n) is 1.94. The lowest BCUT2D eigenvalue weighted by Gasteiger charge is -2.22. The largest absolute Gasteiger partial charge is 0.491 e. The number of benzene rings is 1. The monoisotopic (exact) mass is 282 g/mol. The SMILES string of the molecule is CCC(C)NC(=O)N1CCOc2ccc(Cl)cc2C1. The first-order valence-corrected chi connectivity index (χ1v) is 6.94. The number of hydrogen-bond donors (Lipinski definition) is 1. The molecule has 0 saturated carbocycles. The molecular weight excluding hydrogens is 264 g/mol. The van der Waals surface area contributed by atoms with Gasteiger partial charge in [-0.3, -0.25) is 0 Å². The number of rotatable bonds is 2. The van der Waals surface area contributed by atoms with Crippen LogP contribution in [0.3, 0.4) is 0 Å². The maximum absolute atomic E-state index is 12.1. The van der Waals surface area contributed by atoms with Gasteiger partial charge in [0, 0.05) is 16.6 Å². The lowest BCUT2D eigenvalue weighted by Crippen LogP contribution is -2.44. The Balaban J connectivity index is 2.10. The number of urea groups is 1. The number of nitrogens with zero attached hydrogens (tertiary/aromatic N) is 1. The van der Waals surface area contributed by atoms with E-state index in [0.29, 0.717) is 24.7 Å². The highest BCUT2D eigenvalue weighted by Gasteiger charge is 2.20. The molecule has 1 aromatic rings. The first-order chi connectivity index (χ1) is 9.10. The maximum Gasteiger partial charge on any atom is 0.318 e. The summed E-state index contributed by atoms with van der Waals surface area (Å²) in [7, 11) is 0. The Hall–Kier alpha value is -1.42. The molecule has 2 amide bonds. The van der Waals surface area contributed by atoms with Gasteiger partial charge in [0.1, 0.15) is 12.4 Å². The maximum atomic E-state index is 12.1. The third-order valence-corrected chi connectivity index (χ3v) is 3.51. The fraction of sp³-hybridized carbons (Fsp3) is 0.500. The Kier molecular flexibility index (Phi) is 4.53. The first kappa shape index (κ1) is 14.0. The van der Waals surface area contributed by atoms with Crippen LogP contribution in [0, 0.1) is 0 Å². The molecule has 19 heavy (non-hydrogen) atoms. The van der Waals surface area contributed by atoms with Crippen molar-refractivity contribution < 1.29 is 9.53 Å². The van der Waals surface area contributed by atoms with Gasteiger partial charge in [0.25, 0.3) is 0 Å². The van der Waals surface area contributed by atoms with Gasteiger partial charge in [-0.25, -0.2) is 4.79 Å². The molecule has 0 aliphatic carbocycles. The van der Waals surface area contributed by atoms with Crippen molar-refractivity contribution in [1.29, 1.82) is 0 Å². The molecule has 1 aliphatic heterocycles. The minimum atomic E-state index is -0.0502. The summed E-state index contributed by atoms with van der Waals surface area (Å²) in [5.74, 6) is 0.809. The number of hydrogen-bond acceptors (Lipinski definition) is 2. The molecule has 4 nitrogen and oxygen atoms in total. The van der Waals surface area contributed by atoms with Crippen molar-refractivity contribution >= 4 is 17.6 Å². The van der Waals surface area contributed by atoms with E-state index in [2.05, 4.69) is 5.32 Å². The molecule has 1 N–H and O–H groups in total. The Labute approximate surface area is 118 Å². The summed E-state index contributed by atoms with van der Waals surface area (Å²) in [6.07, 6.45) is 0.915. The molecule has 0 fully saturated rings. The molecule has 104 valence electrons. The van der Waals surface area contributed by atoms with Crippen LogP contribution in [0.15, 0.2) is 18.2 Å². The summed E-state index contributed by atoms with van der Waals surface area (Å²) in [5, 5.41) is 3.63. The summed E-state index contributed by atoms with van der Waals surface area (Å²) in [6.45, 7) is 5.65. The van der Waals surface area contributed by atoms with Gasteiger partial charge in [-0.15, -0.1) is 0 Å². The second kappa shape index (κ2) is 6.15. The number of fused-ring (bicyclic) bond motifs is 1. The van der Waals surface area contributed by atoms with E-state index >= 15 is 0 Å². The van der Waals surface area contributed by atoms with Crippen LogP contribution in [0.4, 0.5) is 4.79 Å². The second-order valence-electron chi connectivity index (χ2n) is 4.78. The minimum Gasteiger partial charge on any atom is -0.491 e. The molecule has 1 aliphatic rings. The third kappa shape index (κ3) is 3.53. The van der Waals surface area contributed by atoms with E-state index in [0.717, 1.165) is 17.7 Å². The highest BCUT2D eigenvalue weighted by atomic mass is 35.5. The number of amides is 2. The van der Waals surface area contributed by atoms with E-state index in [1.54, 1.807) is 11.0 Å². The van der Waals surface area contributed by atoms with E-state index in [1.165, 1.54) is 0 Å². The Bertz CT molecular complexity index is 465. The van der Waals surface area contributed by atoms with Crippen molar-refractivity contribution in [3.8, 4) is 5.75 Å². The van der Waals surface area contributed by atoms with E-state index in [1.807, 2.05) is 26.0 Å². The highest BCUT2D eigenvalue weighted by Crippen LogP contribution is 2.26. The molecular formula is C14H19ClN2O2. The van der Waals surface area contributed by atoms with Gasteiger partial charge in [0.05, 0.1) is 13.1 Å². The van der Waals surface area contributed by atoms with E-state index in [-0.39, 0.29) is 12.1 Å². The average Bonchev–Trinajstić information content (AvgIpc) is 2.60. The van der Waals surface area contributed by atoms with Crippen LogP contribution in [0.5, 0.6) is 5.75 Å². The smallest absolute Gasteiger partial charge is 0.318 e. The van der Waals surface area contributed by atoms with Crippen molar-refractivity contribution in [2.75, 3.05) is 13.2 Å². The summed E-state index contributed by atoms with van der Waals surface area (Å²) >= 11 is 5.99. The molecule has 0 bridgehead atoms. The molecule has 1 unspecified atom stereocenters. The average molecular weight is 283 g/mol. The standard InChI is InChI=1S/C14H19ClN2O2/c1-3-10(2)16-14(18)17-6-7-19-13-5-4-12(15)8-11(13)9-17/h4-5,8,10H,3,6-7,9H2,1-2H3,(H,16,18). The number of ether oxygens (including phenoxy) is 1. The van der Waals surface area contributed by atoms with Crippen LogP contribution in [0.25, 0.3) is 0 Å². The molecule has 1 heterocycles. The Morgan fingerprint density at radius 3 is 3.11 bits per heavy atom. The topological polar surface area (TPSA) is 41.6 Å². The van der Waals surface area contributed by atoms with Gasteiger partial charge in [0.15, 0.2) is 0 Å². The van der Waals surface area contributed by atoms with Crippen molar-refractivity contribution in [3.05, 3.63) is 28.8 Å². The van der Waals surface area contributed by atoms with Crippen LogP contribution in [-0.4, -0.2) is 30.1 Å². The highest BCUT2D eigenvalue weighted by molar-refractivity contribution is 6.30. The number of halogens is 1. The third-order valence-electron chi connectivity index (χ3n) is 3.27. The van der Waals surface area contributed by atoms with Gasteiger partial charge in [-0.1, -0.05) is 18.5 Å². The molecule has 1 aromatic carbocycles. The van der Waals surface area contributed by atoms with Crippen LogP contribution in [0.2, 0.25) is 5.02 Å². The van der Waals surface area contributed by atoms with E-state index in [4.69, 9.17) is 16.3 Å². The lowest BCUT2D eigenvalue weighted by molar-refractivity contribution is 0.184. The van der Waals surface area contributed by atoms with Crippen molar-refractivity contribution in [2.45, 2.75) is 32.9 Å². The zero-order valence-electron chi connectivity index (χ0n) is 11.3. The van der Waals surface area contributed by atoms with E-state index in [9.17, 15) is 4.79 Å². The first-order valence-electron chi connectivity index (χ1n) is 6.56. The number of nitrogens with one attached hydrogen (secondary N) is 1. The van der Waals surface area contributed by atoms with Crippen molar-refractivity contribution in [1.82, 2.24) is 10.2 Å². The zero-order chi connectivity index (χ0) is 13.8.